The zero-order valence-electron chi connectivity index (χ0n) is 18.2. The average Bonchev–Trinajstić information content (AvgIpc) is 3.05. The van der Waals surface area contributed by atoms with Crippen LogP contribution in [0.5, 0.6) is 0 Å². The highest BCUT2D eigenvalue weighted by Gasteiger charge is 2.60. The largest absolute Gasteiger partial charge is 0.393 e. The van der Waals surface area contributed by atoms with Gasteiger partial charge in [-0.25, -0.2) is 0 Å². The summed E-state index contributed by atoms with van der Waals surface area (Å²) in [5, 5.41) is 11.4. The molecule has 4 aliphatic carbocycles. The lowest BCUT2D eigenvalue weighted by atomic mass is 9.47. The minimum absolute atomic E-state index is 0.0577. The average molecular weight is 411 g/mol. The van der Waals surface area contributed by atoms with Gasteiger partial charge in [0.2, 0.25) is 0 Å². The zero-order chi connectivity index (χ0) is 21.1. The van der Waals surface area contributed by atoms with Gasteiger partial charge in [-0.05, 0) is 74.5 Å². The second-order valence-electron chi connectivity index (χ2n) is 10.7. The smallest absolute Gasteiger partial charge is 0.178 e. The monoisotopic (exact) mass is 410 g/mol. The van der Waals surface area contributed by atoms with Crippen LogP contribution in [0.15, 0.2) is 35.5 Å². The Labute approximate surface area is 179 Å². The summed E-state index contributed by atoms with van der Waals surface area (Å²) in [6.45, 7) is 5.17. The summed E-state index contributed by atoms with van der Waals surface area (Å²) < 4.78 is 5.83. The number of Topliss-reactive ketones (excluding diaryl/α,β-unsaturated/α-hetero) is 1. The number of allylic oxidation sites excluding steroid dienone is 6. The summed E-state index contributed by atoms with van der Waals surface area (Å²) in [7, 11) is 0. The first-order valence-electron chi connectivity index (χ1n) is 11.8. The Kier molecular flexibility index (Phi) is 4.94. The van der Waals surface area contributed by atoms with E-state index in [1.165, 1.54) is 5.57 Å². The molecule has 1 N–H and O–H groups in total. The molecule has 162 valence electrons. The highest BCUT2D eigenvalue weighted by atomic mass is 16.5. The van der Waals surface area contributed by atoms with E-state index in [4.69, 9.17) is 4.74 Å². The van der Waals surface area contributed by atoms with Crippen molar-refractivity contribution in [2.75, 3.05) is 6.61 Å². The van der Waals surface area contributed by atoms with Gasteiger partial charge in [0.25, 0.3) is 0 Å². The van der Waals surface area contributed by atoms with E-state index in [1.54, 1.807) is 12.2 Å². The van der Waals surface area contributed by atoms with Crippen molar-refractivity contribution in [3.05, 3.63) is 35.5 Å². The highest BCUT2D eigenvalue weighted by molar-refractivity contribution is 6.01. The maximum atomic E-state index is 13.3. The van der Waals surface area contributed by atoms with E-state index < -0.39 is 6.10 Å². The third-order valence-corrected chi connectivity index (χ3v) is 9.06. The molecule has 1 unspecified atom stereocenters. The molecule has 5 aliphatic rings. The van der Waals surface area contributed by atoms with Crippen molar-refractivity contribution >= 4 is 11.6 Å². The number of fused-ring (bicyclic) bond motifs is 5. The molecule has 4 heteroatoms. The van der Waals surface area contributed by atoms with Gasteiger partial charge in [-0.2, -0.15) is 0 Å². The first-order valence-corrected chi connectivity index (χ1v) is 11.8. The van der Waals surface area contributed by atoms with Gasteiger partial charge in [0, 0.05) is 29.8 Å². The second-order valence-corrected chi connectivity index (χ2v) is 10.7. The number of ketones is 2. The van der Waals surface area contributed by atoms with Crippen molar-refractivity contribution in [3.8, 4) is 0 Å². The van der Waals surface area contributed by atoms with Crippen LogP contribution in [-0.4, -0.2) is 35.5 Å². The van der Waals surface area contributed by atoms with Crippen molar-refractivity contribution in [1.29, 1.82) is 0 Å². The van der Waals surface area contributed by atoms with E-state index in [0.717, 1.165) is 50.7 Å². The summed E-state index contributed by atoms with van der Waals surface area (Å²) in [6.07, 6.45) is 14.4. The van der Waals surface area contributed by atoms with Gasteiger partial charge < -0.3 is 9.84 Å². The predicted molar refractivity (Wildman–Crippen MR) is 115 cm³/mol. The number of aliphatic hydroxyl groups is 1. The van der Waals surface area contributed by atoms with E-state index >= 15 is 0 Å². The molecule has 7 atom stereocenters. The number of rotatable bonds is 3. The van der Waals surface area contributed by atoms with Gasteiger partial charge in [-0.15, -0.1) is 0 Å². The third-order valence-electron chi connectivity index (χ3n) is 9.06. The summed E-state index contributed by atoms with van der Waals surface area (Å²) in [5.74, 6) is 1.16. The van der Waals surface area contributed by atoms with Crippen LogP contribution >= 0.6 is 0 Å². The lowest BCUT2D eigenvalue weighted by molar-refractivity contribution is -0.125. The number of carbonyl (C=O) groups is 2. The highest BCUT2D eigenvalue weighted by Crippen LogP contribution is 2.64. The first kappa shape index (κ1) is 20.4. The summed E-state index contributed by atoms with van der Waals surface area (Å²) in [5.41, 5.74) is 1.62. The first-order chi connectivity index (χ1) is 14.3. The Morgan fingerprint density at radius 1 is 1.27 bits per heavy atom. The molecule has 1 heterocycles. The number of aliphatic hydroxyl groups excluding tert-OH is 1. The van der Waals surface area contributed by atoms with Gasteiger partial charge in [-0.3, -0.25) is 9.59 Å². The van der Waals surface area contributed by atoms with Crippen molar-refractivity contribution in [1.82, 2.24) is 0 Å². The summed E-state index contributed by atoms with van der Waals surface area (Å²) in [6, 6.07) is 0. The normalized spacial score (nSPS) is 45.2. The summed E-state index contributed by atoms with van der Waals surface area (Å²) >= 11 is 0. The van der Waals surface area contributed by atoms with Crippen LogP contribution in [0.25, 0.3) is 0 Å². The van der Waals surface area contributed by atoms with Crippen molar-refractivity contribution in [3.63, 3.8) is 0 Å². The van der Waals surface area contributed by atoms with Gasteiger partial charge in [0.15, 0.2) is 11.6 Å². The van der Waals surface area contributed by atoms with Crippen LogP contribution in [0, 0.1) is 28.6 Å². The third kappa shape index (κ3) is 3.02. The quantitative estimate of drug-likeness (QED) is 0.752. The molecule has 0 amide bonds. The molecule has 3 fully saturated rings. The molecule has 5 rings (SSSR count). The molecular weight excluding hydrogens is 376 g/mol. The van der Waals surface area contributed by atoms with Crippen molar-refractivity contribution < 1.29 is 19.4 Å². The summed E-state index contributed by atoms with van der Waals surface area (Å²) in [4.78, 5) is 25.2. The van der Waals surface area contributed by atoms with Gasteiger partial charge in [0.1, 0.15) is 0 Å². The second kappa shape index (κ2) is 7.27. The van der Waals surface area contributed by atoms with Crippen LogP contribution in [0.3, 0.4) is 0 Å². The Bertz CT molecular complexity index is 845. The van der Waals surface area contributed by atoms with Gasteiger partial charge in [0.05, 0.1) is 12.2 Å². The van der Waals surface area contributed by atoms with Gasteiger partial charge in [-0.1, -0.05) is 31.6 Å². The number of carbonyl (C=O) groups excluding carboxylic acids is 2. The van der Waals surface area contributed by atoms with Crippen molar-refractivity contribution in [2.24, 2.45) is 28.6 Å². The minimum Gasteiger partial charge on any atom is -0.393 e. The molecular formula is C26H34O4. The molecule has 0 radical (unpaired) electrons. The zero-order valence-corrected chi connectivity index (χ0v) is 18.2. The van der Waals surface area contributed by atoms with E-state index in [9.17, 15) is 14.7 Å². The minimum atomic E-state index is -0.469. The van der Waals surface area contributed by atoms with E-state index in [1.807, 2.05) is 6.08 Å². The number of hydrogen-bond donors (Lipinski definition) is 1. The Hall–Kier alpha value is -1.52. The molecule has 4 nitrogen and oxygen atoms in total. The maximum Gasteiger partial charge on any atom is 0.178 e. The Morgan fingerprint density at radius 2 is 2.10 bits per heavy atom. The fourth-order valence-corrected chi connectivity index (χ4v) is 7.61. The molecule has 1 saturated heterocycles. The molecule has 1 aliphatic heterocycles. The molecule has 2 saturated carbocycles. The van der Waals surface area contributed by atoms with Crippen LogP contribution in [-0.2, 0) is 14.3 Å². The van der Waals surface area contributed by atoms with E-state index in [2.05, 4.69) is 19.9 Å². The molecule has 0 spiro atoms. The lowest BCUT2D eigenvalue weighted by Crippen LogP contribution is -2.55. The lowest BCUT2D eigenvalue weighted by Gasteiger charge is -2.58. The van der Waals surface area contributed by atoms with E-state index in [-0.39, 0.29) is 34.4 Å². The van der Waals surface area contributed by atoms with Crippen LogP contribution in [0.4, 0.5) is 0 Å². The molecule has 0 aromatic rings. The van der Waals surface area contributed by atoms with Gasteiger partial charge >= 0.3 is 0 Å². The topological polar surface area (TPSA) is 63.6 Å². The molecule has 0 aromatic carbocycles. The Morgan fingerprint density at radius 3 is 2.87 bits per heavy atom. The molecule has 0 bridgehead atoms. The maximum absolute atomic E-state index is 13.3. The SMILES string of the molecule is C[C@]12C=CC(=O)C=C1CC[C@@H]1[C@@H]2[C@@H](O)C[C@]2(C)C(C(=O)CC3CCCCO3)=CC[C@@H]12. The molecule has 30 heavy (non-hydrogen) atoms. The van der Waals surface area contributed by atoms with E-state index in [0.29, 0.717) is 24.7 Å². The molecule has 0 aromatic heterocycles. The predicted octanol–water partition coefficient (Wildman–Crippen LogP) is 4.33. The Balaban J connectivity index is 1.39. The fourth-order valence-electron chi connectivity index (χ4n) is 7.61. The number of ether oxygens (including phenoxy) is 1. The standard InChI is InChI=1S/C26H34O4/c1-25-11-10-17(27)13-16(25)6-7-19-20-8-9-21(26(20,2)15-23(29)24(19)25)22(28)14-18-5-3-4-12-30-18/h9-11,13,18-20,23-24,29H,3-8,12,14-15H2,1-2H3/t18?,19-,20-,23-,24+,25-,26-/m0/s1. The fraction of sp³-hybridized carbons (Fsp3) is 0.692. The van der Waals surface area contributed by atoms with Crippen molar-refractivity contribution in [2.45, 2.75) is 77.4 Å². The van der Waals surface area contributed by atoms with Crippen LogP contribution in [0.2, 0.25) is 0 Å². The van der Waals surface area contributed by atoms with Crippen LogP contribution < -0.4 is 0 Å². The number of hydrogen-bond acceptors (Lipinski definition) is 4. The van der Waals surface area contributed by atoms with Crippen LogP contribution in [0.1, 0.15) is 65.2 Å².